The lowest BCUT2D eigenvalue weighted by atomic mass is 9.89. The molecule has 1 aliphatic rings. The van der Waals surface area contributed by atoms with Crippen molar-refractivity contribution in [3.05, 3.63) is 77.2 Å². The molecule has 3 aromatic rings. The monoisotopic (exact) mass is 484 g/mol. The van der Waals surface area contributed by atoms with Crippen molar-refractivity contribution in [1.29, 1.82) is 0 Å². The molecule has 180 valence electrons. The molecule has 0 aliphatic heterocycles. The van der Waals surface area contributed by atoms with Crippen LogP contribution in [0.25, 0.3) is 11.3 Å². The standard InChI is InChI=1S/C20H25FN4O2.C6H5Cl/c21-17-9-5-4-8-15(17)19-16(20(27)23-11-10-18(22)26)12-24-25(19)13-14-6-2-1-3-7-14;7-6-4-2-1-3-5-6/h4-5,8-9,12,14H,1-3,6-7,10-11,13H2,(H2,22,26)(H,23,27);1-5H. The van der Waals surface area contributed by atoms with Gasteiger partial charge in [-0.25, -0.2) is 4.39 Å². The van der Waals surface area contributed by atoms with Crippen LogP contribution in [-0.4, -0.2) is 28.1 Å². The van der Waals surface area contributed by atoms with E-state index in [9.17, 15) is 14.0 Å². The van der Waals surface area contributed by atoms with Gasteiger partial charge in [-0.1, -0.05) is 61.2 Å². The van der Waals surface area contributed by atoms with Crippen molar-refractivity contribution in [2.75, 3.05) is 6.54 Å². The first-order valence-electron chi connectivity index (χ1n) is 11.5. The van der Waals surface area contributed by atoms with E-state index < -0.39 is 11.7 Å². The number of primary amides is 1. The summed E-state index contributed by atoms with van der Waals surface area (Å²) in [6, 6.07) is 15.8. The van der Waals surface area contributed by atoms with Crippen LogP contribution in [-0.2, 0) is 11.3 Å². The van der Waals surface area contributed by atoms with Crippen molar-refractivity contribution >= 4 is 23.4 Å². The Morgan fingerprint density at radius 2 is 1.74 bits per heavy atom. The van der Waals surface area contributed by atoms with Gasteiger partial charge in [-0.2, -0.15) is 5.10 Å². The summed E-state index contributed by atoms with van der Waals surface area (Å²) < 4.78 is 16.2. The molecule has 1 aromatic heterocycles. The van der Waals surface area contributed by atoms with E-state index in [-0.39, 0.29) is 18.9 Å². The number of rotatable bonds is 7. The topological polar surface area (TPSA) is 90.0 Å². The summed E-state index contributed by atoms with van der Waals surface area (Å²) >= 11 is 5.54. The number of nitrogens with two attached hydrogens (primary N) is 1. The Kier molecular flexibility index (Phi) is 9.64. The van der Waals surface area contributed by atoms with Crippen molar-refractivity contribution in [3.63, 3.8) is 0 Å². The lowest BCUT2D eigenvalue weighted by Gasteiger charge is -2.22. The molecule has 1 fully saturated rings. The van der Waals surface area contributed by atoms with E-state index in [0.29, 0.717) is 29.3 Å². The van der Waals surface area contributed by atoms with E-state index in [1.807, 2.05) is 30.3 Å². The summed E-state index contributed by atoms with van der Waals surface area (Å²) in [5.74, 6) is -0.786. The Labute approximate surface area is 204 Å². The summed E-state index contributed by atoms with van der Waals surface area (Å²) in [5, 5.41) is 7.84. The fraction of sp³-hybridized carbons (Fsp3) is 0.346. The van der Waals surface area contributed by atoms with Crippen LogP contribution in [0, 0.1) is 11.7 Å². The largest absolute Gasteiger partial charge is 0.370 e. The third kappa shape index (κ3) is 7.42. The van der Waals surface area contributed by atoms with Crippen LogP contribution in [0.5, 0.6) is 0 Å². The second kappa shape index (κ2) is 12.9. The predicted octanol–water partition coefficient (Wildman–Crippen LogP) is 5.21. The fourth-order valence-corrected chi connectivity index (χ4v) is 4.20. The lowest BCUT2D eigenvalue weighted by molar-refractivity contribution is -0.117. The number of benzene rings is 2. The van der Waals surface area contributed by atoms with E-state index in [1.165, 1.54) is 31.5 Å². The molecule has 0 radical (unpaired) electrons. The summed E-state index contributed by atoms with van der Waals surface area (Å²) in [5.41, 5.74) is 6.25. The molecule has 34 heavy (non-hydrogen) atoms. The number of hydrogen-bond acceptors (Lipinski definition) is 3. The summed E-state index contributed by atoms with van der Waals surface area (Å²) in [7, 11) is 0. The molecule has 1 saturated carbocycles. The van der Waals surface area contributed by atoms with E-state index in [1.54, 1.807) is 22.9 Å². The van der Waals surface area contributed by atoms with Crippen LogP contribution in [0.2, 0.25) is 5.02 Å². The molecule has 0 atom stereocenters. The maximum absolute atomic E-state index is 14.5. The molecule has 0 bridgehead atoms. The minimum atomic E-state index is -0.488. The van der Waals surface area contributed by atoms with Gasteiger partial charge in [0, 0.05) is 30.1 Å². The van der Waals surface area contributed by atoms with Gasteiger partial charge in [0.15, 0.2) is 0 Å². The van der Waals surface area contributed by atoms with Crippen molar-refractivity contribution in [3.8, 4) is 11.3 Å². The lowest BCUT2D eigenvalue weighted by Crippen LogP contribution is -2.28. The number of nitrogens with zero attached hydrogens (tertiary/aromatic N) is 2. The first kappa shape index (κ1) is 25.4. The molecule has 6 nitrogen and oxygen atoms in total. The van der Waals surface area contributed by atoms with Gasteiger partial charge in [-0.15, -0.1) is 0 Å². The van der Waals surface area contributed by atoms with Crippen LogP contribution in [0.3, 0.4) is 0 Å². The number of hydrogen-bond donors (Lipinski definition) is 2. The van der Waals surface area contributed by atoms with E-state index in [4.69, 9.17) is 17.3 Å². The Balaban J connectivity index is 0.000000396. The number of carbonyl (C=O) groups is 2. The maximum Gasteiger partial charge on any atom is 0.255 e. The molecule has 0 saturated heterocycles. The quantitative estimate of drug-likeness (QED) is 0.482. The van der Waals surface area contributed by atoms with Crippen molar-refractivity contribution in [2.45, 2.75) is 45.1 Å². The van der Waals surface area contributed by atoms with Crippen LogP contribution in [0.1, 0.15) is 48.9 Å². The van der Waals surface area contributed by atoms with Crippen LogP contribution in [0.4, 0.5) is 4.39 Å². The molecular formula is C26H30ClFN4O2. The molecule has 0 spiro atoms. The smallest absolute Gasteiger partial charge is 0.255 e. The number of carbonyl (C=O) groups excluding carboxylic acids is 2. The summed E-state index contributed by atoms with van der Waals surface area (Å²) in [4.78, 5) is 23.5. The molecule has 4 rings (SSSR count). The Morgan fingerprint density at radius 1 is 1.06 bits per heavy atom. The van der Waals surface area contributed by atoms with Crippen molar-refractivity contribution in [1.82, 2.24) is 15.1 Å². The minimum Gasteiger partial charge on any atom is -0.370 e. The van der Waals surface area contributed by atoms with Gasteiger partial charge in [0.2, 0.25) is 5.91 Å². The van der Waals surface area contributed by atoms with Gasteiger partial charge in [0.1, 0.15) is 5.82 Å². The predicted molar refractivity (Wildman–Crippen MR) is 132 cm³/mol. The molecule has 2 amide bonds. The molecule has 2 aromatic carbocycles. The first-order valence-corrected chi connectivity index (χ1v) is 11.9. The fourth-order valence-electron chi connectivity index (χ4n) is 4.05. The zero-order valence-corrected chi connectivity index (χ0v) is 19.8. The third-order valence-corrected chi connectivity index (χ3v) is 6.01. The average Bonchev–Trinajstić information content (AvgIpc) is 3.24. The molecular weight excluding hydrogens is 455 g/mol. The van der Waals surface area contributed by atoms with E-state index in [0.717, 1.165) is 17.9 Å². The normalized spacial score (nSPS) is 13.6. The zero-order valence-electron chi connectivity index (χ0n) is 19.1. The average molecular weight is 485 g/mol. The minimum absolute atomic E-state index is 0.0526. The van der Waals surface area contributed by atoms with Crippen LogP contribution < -0.4 is 11.1 Å². The van der Waals surface area contributed by atoms with E-state index >= 15 is 0 Å². The van der Waals surface area contributed by atoms with Crippen LogP contribution >= 0.6 is 11.6 Å². The molecule has 3 N–H and O–H groups in total. The van der Waals surface area contributed by atoms with Crippen molar-refractivity contribution in [2.24, 2.45) is 11.7 Å². The first-order chi connectivity index (χ1) is 16.5. The van der Waals surface area contributed by atoms with Gasteiger partial charge in [-0.05, 0) is 43.0 Å². The second-order valence-corrected chi connectivity index (χ2v) is 8.78. The molecule has 0 unspecified atom stereocenters. The summed E-state index contributed by atoms with van der Waals surface area (Å²) in [6.45, 7) is 0.802. The van der Waals surface area contributed by atoms with Gasteiger partial charge < -0.3 is 11.1 Å². The highest BCUT2D eigenvalue weighted by Crippen LogP contribution is 2.30. The summed E-state index contributed by atoms with van der Waals surface area (Å²) in [6.07, 6.45) is 7.42. The third-order valence-electron chi connectivity index (χ3n) is 5.76. The molecule has 1 aliphatic carbocycles. The van der Waals surface area contributed by atoms with E-state index in [2.05, 4.69) is 10.4 Å². The van der Waals surface area contributed by atoms with Gasteiger partial charge in [0.05, 0.1) is 17.5 Å². The Morgan fingerprint density at radius 3 is 2.35 bits per heavy atom. The number of amides is 2. The van der Waals surface area contributed by atoms with Gasteiger partial charge >= 0.3 is 0 Å². The van der Waals surface area contributed by atoms with Gasteiger partial charge in [-0.3, -0.25) is 14.3 Å². The van der Waals surface area contributed by atoms with Gasteiger partial charge in [0.25, 0.3) is 5.91 Å². The number of halogens is 2. The number of aromatic nitrogens is 2. The zero-order chi connectivity index (χ0) is 24.3. The van der Waals surface area contributed by atoms with Crippen molar-refractivity contribution < 1.29 is 14.0 Å². The molecule has 8 heteroatoms. The highest BCUT2D eigenvalue weighted by atomic mass is 35.5. The Hall–Kier alpha value is -3.19. The van der Waals surface area contributed by atoms with Crippen LogP contribution in [0.15, 0.2) is 60.8 Å². The SMILES string of the molecule is Clc1ccccc1.NC(=O)CCNC(=O)c1cnn(CC2CCCCC2)c1-c1ccccc1F. The highest BCUT2D eigenvalue weighted by molar-refractivity contribution is 6.30. The molecule has 1 heterocycles. The number of nitrogens with one attached hydrogen (secondary N) is 1. The Bertz CT molecular complexity index is 1080. The second-order valence-electron chi connectivity index (χ2n) is 8.34. The highest BCUT2D eigenvalue weighted by Gasteiger charge is 2.23. The maximum atomic E-state index is 14.5.